The number of fused-ring (bicyclic) bond motifs is 1. The van der Waals surface area contributed by atoms with Crippen LogP contribution in [0.3, 0.4) is 0 Å². The number of carbonyl (C=O) groups excluding carboxylic acids is 1. The number of ether oxygens (including phenoxy) is 1. The normalized spacial score (nSPS) is 15.5. The second kappa shape index (κ2) is 10.4. The topological polar surface area (TPSA) is 107 Å². The number of carbonyl (C=O) groups is 1. The van der Waals surface area contributed by atoms with Crippen molar-refractivity contribution in [2.24, 2.45) is 0 Å². The first-order valence-electron chi connectivity index (χ1n) is 12.1. The number of aromatic nitrogens is 4. The van der Waals surface area contributed by atoms with Crippen LogP contribution in [-0.4, -0.2) is 70.8 Å². The maximum atomic E-state index is 13.0. The molecule has 204 valence electrons. The number of likely N-dealkylation sites (tertiary alicyclic amines) is 1. The van der Waals surface area contributed by atoms with Crippen molar-refractivity contribution in [2.45, 2.75) is 30.0 Å². The van der Waals surface area contributed by atoms with Gasteiger partial charge in [0, 0.05) is 24.9 Å². The van der Waals surface area contributed by atoms with Crippen molar-refractivity contribution in [1.29, 1.82) is 0 Å². The highest BCUT2D eigenvalue weighted by molar-refractivity contribution is 7.90. The van der Waals surface area contributed by atoms with Gasteiger partial charge in [-0.15, -0.1) is 0 Å². The SMILES string of the molecule is CS(=O)(=O)c1ccc(-n2ncc3c(OC4CCN(CC(=O)c5cccc(C(F)(F)F)c5)CC4)ncnc32)cc1. The van der Waals surface area contributed by atoms with Crippen LogP contribution in [0.2, 0.25) is 0 Å². The van der Waals surface area contributed by atoms with E-state index in [1.807, 2.05) is 4.90 Å². The molecule has 0 radical (unpaired) electrons. The molecule has 0 aliphatic carbocycles. The van der Waals surface area contributed by atoms with Gasteiger partial charge >= 0.3 is 6.18 Å². The number of hydrogen-bond acceptors (Lipinski definition) is 8. The zero-order chi connectivity index (χ0) is 27.8. The summed E-state index contributed by atoms with van der Waals surface area (Å²) >= 11 is 0. The fourth-order valence-corrected chi connectivity index (χ4v) is 5.08. The molecule has 1 saturated heterocycles. The summed E-state index contributed by atoms with van der Waals surface area (Å²) in [7, 11) is -3.32. The summed E-state index contributed by atoms with van der Waals surface area (Å²) in [6.07, 6.45) is 0.603. The van der Waals surface area contributed by atoms with Crippen LogP contribution in [0.5, 0.6) is 5.88 Å². The predicted octanol–water partition coefficient (Wildman–Crippen LogP) is 3.96. The average Bonchev–Trinajstić information content (AvgIpc) is 3.34. The van der Waals surface area contributed by atoms with Gasteiger partial charge in [-0.1, -0.05) is 12.1 Å². The molecular formula is C26H24F3N5O4S. The summed E-state index contributed by atoms with van der Waals surface area (Å²) < 4.78 is 70.1. The van der Waals surface area contributed by atoms with Crippen molar-refractivity contribution < 1.29 is 31.1 Å². The van der Waals surface area contributed by atoms with Crippen molar-refractivity contribution in [2.75, 3.05) is 25.9 Å². The molecule has 3 heterocycles. The highest BCUT2D eigenvalue weighted by Crippen LogP contribution is 2.30. The lowest BCUT2D eigenvalue weighted by molar-refractivity contribution is -0.137. The molecular weight excluding hydrogens is 535 g/mol. The van der Waals surface area contributed by atoms with E-state index >= 15 is 0 Å². The third kappa shape index (κ3) is 5.93. The van der Waals surface area contributed by atoms with Crippen molar-refractivity contribution in [1.82, 2.24) is 24.6 Å². The lowest BCUT2D eigenvalue weighted by atomic mass is 10.0. The first-order chi connectivity index (χ1) is 18.5. The Balaban J connectivity index is 1.22. The molecule has 39 heavy (non-hydrogen) atoms. The van der Waals surface area contributed by atoms with E-state index < -0.39 is 21.6 Å². The Hall–Kier alpha value is -3.84. The number of piperidine rings is 1. The molecule has 0 atom stereocenters. The van der Waals surface area contributed by atoms with E-state index in [0.29, 0.717) is 48.5 Å². The first kappa shape index (κ1) is 26.8. The van der Waals surface area contributed by atoms with Crippen LogP contribution < -0.4 is 4.74 Å². The summed E-state index contributed by atoms with van der Waals surface area (Å²) in [4.78, 5) is 23.3. The highest BCUT2D eigenvalue weighted by Gasteiger charge is 2.31. The van der Waals surface area contributed by atoms with Gasteiger partial charge < -0.3 is 4.74 Å². The maximum Gasteiger partial charge on any atom is 0.416 e. The molecule has 2 aromatic carbocycles. The van der Waals surface area contributed by atoms with Crippen LogP contribution in [0.4, 0.5) is 13.2 Å². The molecule has 5 rings (SSSR count). The van der Waals surface area contributed by atoms with Gasteiger partial charge in [0.2, 0.25) is 5.88 Å². The number of sulfone groups is 1. The fraction of sp³-hybridized carbons (Fsp3) is 0.308. The zero-order valence-corrected chi connectivity index (χ0v) is 21.6. The van der Waals surface area contributed by atoms with Crippen molar-refractivity contribution in [3.63, 3.8) is 0 Å². The number of benzene rings is 2. The molecule has 1 fully saturated rings. The molecule has 13 heteroatoms. The number of rotatable bonds is 7. The minimum Gasteiger partial charge on any atom is -0.474 e. The molecule has 4 aromatic rings. The second-order valence-electron chi connectivity index (χ2n) is 9.33. The zero-order valence-electron chi connectivity index (χ0n) is 20.8. The van der Waals surface area contributed by atoms with E-state index in [2.05, 4.69) is 15.1 Å². The van der Waals surface area contributed by atoms with E-state index in [1.54, 1.807) is 23.0 Å². The first-order valence-corrected chi connectivity index (χ1v) is 14.0. The Morgan fingerprint density at radius 2 is 1.79 bits per heavy atom. The summed E-state index contributed by atoms with van der Waals surface area (Å²) in [5, 5.41) is 4.96. The highest BCUT2D eigenvalue weighted by atomic mass is 32.2. The van der Waals surface area contributed by atoms with Crippen LogP contribution >= 0.6 is 0 Å². The molecule has 0 bridgehead atoms. The summed E-state index contributed by atoms with van der Waals surface area (Å²) in [6.45, 7) is 1.10. The summed E-state index contributed by atoms with van der Waals surface area (Å²) in [5.41, 5.74) is 0.317. The number of nitrogens with zero attached hydrogens (tertiary/aromatic N) is 5. The number of alkyl halides is 3. The van der Waals surface area contributed by atoms with Crippen LogP contribution in [0.25, 0.3) is 16.7 Å². The van der Waals surface area contributed by atoms with E-state index in [1.165, 1.54) is 30.6 Å². The van der Waals surface area contributed by atoms with Crippen molar-refractivity contribution >= 4 is 26.7 Å². The molecule has 9 nitrogen and oxygen atoms in total. The van der Waals surface area contributed by atoms with E-state index in [4.69, 9.17) is 4.74 Å². The van der Waals surface area contributed by atoms with Gasteiger partial charge in [-0.05, 0) is 49.2 Å². The molecule has 0 unspecified atom stereocenters. The Morgan fingerprint density at radius 1 is 1.08 bits per heavy atom. The van der Waals surface area contributed by atoms with E-state index in [9.17, 15) is 26.4 Å². The molecule has 1 aliphatic heterocycles. The Morgan fingerprint density at radius 3 is 2.46 bits per heavy atom. The summed E-state index contributed by atoms with van der Waals surface area (Å²) in [5.74, 6) is -0.00698. The number of halogens is 3. The van der Waals surface area contributed by atoms with Gasteiger partial charge in [-0.2, -0.15) is 18.3 Å². The van der Waals surface area contributed by atoms with E-state index in [0.717, 1.165) is 18.4 Å². The third-order valence-electron chi connectivity index (χ3n) is 6.53. The Labute approximate surface area is 222 Å². The van der Waals surface area contributed by atoms with Crippen LogP contribution in [0.15, 0.2) is 66.0 Å². The maximum absolute atomic E-state index is 13.0. The minimum absolute atomic E-state index is 0.0245. The fourth-order valence-electron chi connectivity index (χ4n) is 4.45. The van der Waals surface area contributed by atoms with Gasteiger partial charge in [0.25, 0.3) is 0 Å². The van der Waals surface area contributed by atoms with Gasteiger partial charge in [0.1, 0.15) is 17.8 Å². The third-order valence-corrected chi connectivity index (χ3v) is 7.66. The lowest BCUT2D eigenvalue weighted by Gasteiger charge is -2.31. The molecule has 0 spiro atoms. The Kier molecular flexibility index (Phi) is 7.12. The van der Waals surface area contributed by atoms with Crippen LogP contribution in [-0.2, 0) is 16.0 Å². The largest absolute Gasteiger partial charge is 0.474 e. The average molecular weight is 560 g/mol. The van der Waals surface area contributed by atoms with E-state index in [-0.39, 0.29) is 28.9 Å². The predicted molar refractivity (Wildman–Crippen MR) is 136 cm³/mol. The van der Waals surface area contributed by atoms with Crippen molar-refractivity contribution in [3.8, 4) is 11.6 Å². The van der Waals surface area contributed by atoms with Crippen molar-refractivity contribution in [3.05, 3.63) is 72.2 Å². The molecule has 0 amide bonds. The van der Waals surface area contributed by atoms with Gasteiger partial charge in [0.05, 0.1) is 28.9 Å². The number of hydrogen-bond donors (Lipinski definition) is 0. The monoisotopic (exact) mass is 559 g/mol. The smallest absolute Gasteiger partial charge is 0.416 e. The molecule has 0 N–H and O–H groups in total. The van der Waals surface area contributed by atoms with Crippen LogP contribution in [0, 0.1) is 0 Å². The molecule has 0 saturated carbocycles. The second-order valence-corrected chi connectivity index (χ2v) is 11.3. The Bertz CT molecular complexity index is 1610. The molecule has 1 aliphatic rings. The number of ketones is 1. The van der Waals surface area contributed by atoms with Gasteiger partial charge in [-0.25, -0.2) is 23.1 Å². The quantitative estimate of drug-likeness (QED) is 0.313. The summed E-state index contributed by atoms with van der Waals surface area (Å²) in [6, 6.07) is 10.8. The minimum atomic E-state index is -4.50. The van der Waals surface area contributed by atoms with Gasteiger partial charge in [0.15, 0.2) is 21.3 Å². The van der Waals surface area contributed by atoms with Gasteiger partial charge in [-0.3, -0.25) is 9.69 Å². The lowest BCUT2D eigenvalue weighted by Crippen LogP contribution is -2.41. The van der Waals surface area contributed by atoms with Crippen LogP contribution in [0.1, 0.15) is 28.8 Å². The molecule has 2 aromatic heterocycles. The standard InChI is InChI=1S/C26H24F3N5O4S/c1-39(36,37)21-7-5-19(6-8-21)34-24-22(14-32-34)25(31-16-30-24)38-20-9-11-33(12-10-20)15-23(35)17-3-2-4-18(13-17)26(27,28)29/h2-8,13-14,16,20H,9-12,15H2,1H3. The number of Topliss-reactive ketones (excluding diaryl/α,β-unsaturated/α-hetero) is 1.